The number of rotatable bonds is 6. The summed E-state index contributed by atoms with van der Waals surface area (Å²) in [5.41, 5.74) is 0. The highest BCUT2D eigenvalue weighted by Crippen LogP contribution is 2.15. The lowest BCUT2D eigenvalue weighted by Gasteiger charge is -1.99. The molecule has 0 fully saturated rings. The second kappa shape index (κ2) is 6.43. The fourth-order valence-corrected chi connectivity index (χ4v) is 2.22. The molecule has 74 valence electrons. The summed E-state index contributed by atoms with van der Waals surface area (Å²) in [5, 5.41) is 9.95. The smallest absolute Gasteiger partial charge is 0.190 e. The van der Waals surface area contributed by atoms with Crippen LogP contribution in [0.15, 0.2) is 11.5 Å². The standard InChI is InChI=1S/C8H14BrN3S/c1-12-7-10-11-8(12)13-6-4-2-3-5-9/h7H,2-6H2,1H3. The van der Waals surface area contributed by atoms with Gasteiger partial charge in [-0.1, -0.05) is 34.1 Å². The number of nitrogens with zero attached hydrogens (tertiary/aromatic N) is 3. The van der Waals surface area contributed by atoms with Crippen LogP contribution >= 0.6 is 27.7 Å². The Morgan fingerprint density at radius 3 is 2.92 bits per heavy atom. The Morgan fingerprint density at radius 2 is 2.31 bits per heavy atom. The zero-order valence-corrected chi connectivity index (χ0v) is 10.1. The molecule has 0 amide bonds. The number of alkyl halides is 1. The van der Waals surface area contributed by atoms with Gasteiger partial charge in [0.15, 0.2) is 5.16 Å². The minimum absolute atomic E-state index is 1.01. The van der Waals surface area contributed by atoms with Gasteiger partial charge in [-0.2, -0.15) is 0 Å². The first kappa shape index (κ1) is 11.0. The Morgan fingerprint density at radius 1 is 1.46 bits per heavy atom. The minimum Gasteiger partial charge on any atom is -0.312 e. The molecule has 1 rings (SSSR count). The monoisotopic (exact) mass is 263 g/mol. The molecule has 0 aliphatic carbocycles. The molecule has 5 heteroatoms. The van der Waals surface area contributed by atoms with Gasteiger partial charge in [0.05, 0.1) is 0 Å². The van der Waals surface area contributed by atoms with Crippen LogP contribution in [-0.2, 0) is 7.05 Å². The Balaban J connectivity index is 2.10. The van der Waals surface area contributed by atoms with Gasteiger partial charge in [0, 0.05) is 18.1 Å². The predicted molar refractivity (Wildman–Crippen MR) is 59.4 cm³/mol. The zero-order valence-electron chi connectivity index (χ0n) is 7.74. The molecule has 0 aromatic carbocycles. The van der Waals surface area contributed by atoms with Gasteiger partial charge in [0.25, 0.3) is 0 Å². The van der Waals surface area contributed by atoms with Crippen LogP contribution in [0.25, 0.3) is 0 Å². The van der Waals surface area contributed by atoms with Gasteiger partial charge in [0.2, 0.25) is 0 Å². The van der Waals surface area contributed by atoms with Crippen molar-refractivity contribution >= 4 is 27.7 Å². The van der Waals surface area contributed by atoms with E-state index >= 15 is 0 Å². The molecule has 0 aliphatic rings. The summed E-state index contributed by atoms with van der Waals surface area (Å²) in [6.45, 7) is 0. The van der Waals surface area contributed by atoms with Gasteiger partial charge in [-0.15, -0.1) is 10.2 Å². The molecule has 13 heavy (non-hydrogen) atoms. The molecule has 1 aromatic rings. The van der Waals surface area contributed by atoms with Crippen LogP contribution in [0.3, 0.4) is 0 Å². The first-order chi connectivity index (χ1) is 6.34. The zero-order chi connectivity index (χ0) is 9.52. The Hall–Kier alpha value is -0.0300. The van der Waals surface area contributed by atoms with Crippen LogP contribution in [0, 0.1) is 0 Å². The molecule has 0 bridgehead atoms. The first-order valence-corrected chi connectivity index (χ1v) is 6.48. The van der Waals surface area contributed by atoms with Gasteiger partial charge in [-0.3, -0.25) is 0 Å². The van der Waals surface area contributed by atoms with Gasteiger partial charge < -0.3 is 4.57 Å². The average Bonchev–Trinajstić information content (AvgIpc) is 2.52. The Kier molecular flexibility index (Phi) is 5.46. The van der Waals surface area contributed by atoms with Gasteiger partial charge >= 0.3 is 0 Å². The minimum atomic E-state index is 1.01. The van der Waals surface area contributed by atoms with E-state index in [2.05, 4.69) is 26.1 Å². The molecular weight excluding hydrogens is 250 g/mol. The van der Waals surface area contributed by atoms with Crippen molar-refractivity contribution in [2.75, 3.05) is 11.1 Å². The number of hydrogen-bond donors (Lipinski definition) is 0. The summed E-state index contributed by atoms with van der Waals surface area (Å²) in [4.78, 5) is 0. The third kappa shape index (κ3) is 4.13. The average molecular weight is 264 g/mol. The van der Waals surface area contributed by atoms with Gasteiger partial charge in [-0.25, -0.2) is 0 Å². The number of hydrogen-bond acceptors (Lipinski definition) is 3. The molecule has 0 spiro atoms. The van der Waals surface area contributed by atoms with Crippen LogP contribution in [0.1, 0.15) is 19.3 Å². The second-order valence-electron chi connectivity index (χ2n) is 2.82. The fraction of sp³-hybridized carbons (Fsp3) is 0.750. The van der Waals surface area contributed by atoms with E-state index in [1.807, 2.05) is 11.6 Å². The van der Waals surface area contributed by atoms with Crippen molar-refractivity contribution in [3.8, 4) is 0 Å². The summed E-state index contributed by atoms with van der Waals surface area (Å²) in [6, 6.07) is 0. The summed E-state index contributed by atoms with van der Waals surface area (Å²) in [6.07, 6.45) is 5.54. The molecule has 3 nitrogen and oxygen atoms in total. The maximum Gasteiger partial charge on any atom is 0.190 e. The van der Waals surface area contributed by atoms with E-state index < -0.39 is 0 Å². The Labute approximate surface area is 91.4 Å². The molecule has 0 unspecified atom stereocenters. The maximum atomic E-state index is 4.00. The third-order valence-corrected chi connectivity index (χ3v) is 3.36. The van der Waals surface area contributed by atoms with Crippen LogP contribution in [0.2, 0.25) is 0 Å². The van der Waals surface area contributed by atoms with Crippen LogP contribution in [-0.4, -0.2) is 25.8 Å². The highest BCUT2D eigenvalue weighted by Gasteiger charge is 1.99. The van der Waals surface area contributed by atoms with Gasteiger partial charge in [0.1, 0.15) is 6.33 Å². The lowest BCUT2D eigenvalue weighted by atomic mass is 10.3. The third-order valence-electron chi connectivity index (χ3n) is 1.68. The number of aromatic nitrogens is 3. The number of thioether (sulfide) groups is 1. The van der Waals surface area contributed by atoms with Crippen molar-refractivity contribution in [1.29, 1.82) is 0 Å². The largest absolute Gasteiger partial charge is 0.312 e. The Bertz CT molecular complexity index is 239. The number of halogens is 1. The summed E-state index contributed by atoms with van der Waals surface area (Å²) in [5.74, 6) is 1.14. The highest BCUT2D eigenvalue weighted by atomic mass is 79.9. The predicted octanol–water partition coefficient (Wildman–Crippen LogP) is 2.47. The van der Waals surface area contributed by atoms with Gasteiger partial charge in [-0.05, 0) is 12.8 Å². The van der Waals surface area contributed by atoms with E-state index in [1.54, 1.807) is 18.1 Å². The fourth-order valence-electron chi connectivity index (χ4n) is 0.940. The highest BCUT2D eigenvalue weighted by molar-refractivity contribution is 9.09. The van der Waals surface area contributed by atoms with E-state index in [1.165, 1.54) is 19.3 Å². The lowest BCUT2D eigenvalue weighted by Crippen LogP contribution is -1.90. The number of aryl methyl sites for hydroxylation is 1. The quantitative estimate of drug-likeness (QED) is 0.449. The van der Waals surface area contributed by atoms with Crippen LogP contribution < -0.4 is 0 Å². The molecule has 0 aliphatic heterocycles. The molecule has 0 N–H and O–H groups in total. The van der Waals surface area contributed by atoms with Crippen molar-refractivity contribution in [2.45, 2.75) is 24.4 Å². The molecule has 0 saturated heterocycles. The van der Waals surface area contributed by atoms with Crippen LogP contribution in [0.5, 0.6) is 0 Å². The molecular formula is C8H14BrN3S. The maximum absolute atomic E-state index is 4.00. The summed E-state index contributed by atoms with van der Waals surface area (Å²) < 4.78 is 1.95. The molecule has 1 aromatic heterocycles. The van der Waals surface area contributed by atoms with Crippen LogP contribution in [0.4, 0.5) is 0 Å². The van der Waals surface area contributed by atoms with Crippen molar-refractivity contribution in [3.05, 3.63) is 6.33 Å². The number of unbranched alkanes of at least 4 members (excludes halogenated alkanes) is 2. The normalized spacial score (nSPS) is 10.6. The molecule has 0 saturated carbocycles. The van der Waals surface area contributed by atoms with Crippen molar-refractivity contribution in [3.63, 3.8) is 0 Å². The molecule has 1 heterocycles. The lowest BCUT2D eigenvalue weighted by molar-refractivity contribution is 0.770. The summed E-state index contributed by atoms with van der Waals surface area (Å²) in [7, 11) is 1.97. The van der Waals surface area contributed by atoms with Crippen molar-refractivity contribution in [2.24, 2.45) is 7.05 Å². The van der Waals surface area contributed by atoms with Crippen molar-refractivity contribution in [1.82, 2.24) is 14.8 Å². The van der Waals surface area contributed by atoms with E-state index in [0.29, 0.717) is 0 Å². The molecule has 0 radical (unpaired) electrons. The van der Waals surface area contributed by atoms with Crippen molar-refractivity contribution < 1.29 is 0 Å². The second-order valence-corrected chi connectivity index (χ2v) is 4.68. The van der Waals surface area contributed by atoms with E-state index in [0.717, 1.165) is 16.2 Å². The molecule has 0 atom stereocenters. The summed E-state index contributed by atoms with van der Waals surface area (Å²) >= 11 is 5.20. The first-order valence-electron chi connectivity index (χ1n) is 4.37. The van der Waals surface area contributed by atoms with E-state index in [-0.39, 0.29) is 0 Å². The van der Waals surface area contributed by atoms with E-state index in [4.69, 9.17) is 0 Å². The SMILES string of the molecule is Cn1cnnc1SCCCCCBr. The topological polar surface area (TPSA) is 30.7 Å². The van der Waals surface area contributed by atoms with E-state index in [9.17, 15) is 0 Å².